The monoisotopic (exact) mass is 385 g/mol. The number of aliphatic hydroxyl groups is 1. The average Bonchev–Trinajstić information content (AvgIpc) is 3.01. The van der Waals surface area contributed by atoms with Gasteiger partial charge in [0.05, 0.1) is 18.1 Å². The molecule has 3 rings (SSSR count). The van der Waals surface area contributed by atoms with Crippen LogP contribution in [-0.4, -0.2) is 32.0 Å². The van der Waals surface area contributed by atoms with Gasteiger partial charge in [-0.05, 0) is 24.5 Å². The Kier molecular flexibility index (Phi) is 6.12. The minimum Gasteiger partial charge on any atom is -0.388 e. The minimum absolute atomic E-state index is 0.0371. The van der Waals surface area contributed by atoms with Crippen LogP contribution in [-0.2, 0) is 11.2 Å². The third-order valence-electron chi connectivity index (χ3n) is 4.79. The lowest BCUT2D eigenvalue weighted by Crippen LogP contribution is -2.44. The highest BCUT2D eigenvalue weighted by Gasteiger charge is 2.38. The largest absolute Gasteiger partial charge is 0.388 e. The summed E-state index contributed by atoms with van der Waals surface area (Å²) in [6.45, 7) is 3.77. The summed E-state index contributed by atoms with van der Waals surface area (Å²) in [5.41, 5.74) is 3.07. The standard InChI is InChI=1S/C21H23NO2S2/c1-14-8-10-17(11-9-14)19(23)15(2)20(24)22-18(13-26-21(22)25)12-16-6-4-3-5-7-16/h3-11,15,18-19,23H,12-13H2,1-2H3/t15-,18-,19+/m0/s1. The average molecular weight is 386 g/mol. The molecule has 2 aromatic carbocycles. The van der Waals surface area contributed by atoms with E-state index in [4.69, 9.17) is 12.2 Å². The molecule has 3 nitrogen and oxygen atoms in total. The molecule has 1 saturated heterocycles. The number of rotatable bonds is 5. The molecule has 0 bridgehead atoms. The summed E-state index contributed by atoms with van der Waals surface area (Å²) < 4.78 is 0.610. The highest BCUT2D eigenvalue weighted by atomic mass is 32.2. The molecule has 0 unspecified atom stereocenters. The van der Waals surface area contributed by atoms with Gasteiger partial charge in [-0.3, -0.25) is 9.69 Å². The van der Waals surface area contributed by atoms with Gasteiger partial charge in [-0.1, -0.05) is 91.1 Å². The SMILES string of the molecule is Cc1ccc([C@H](O)[C@H](C)C(=O)N2C(=S)SC[C@@H]2Cc2ccccc2)cc1. The molecule has 1 aliphatic rings. The second-order valence-corrected chi connectivity index (χ2v) is 8.43. The lowest BCUT2D eigenvalue weighted by atomic mass is 9.94. The van der Waals surface area contributed by atoms with E-state index in [1.807, 2.05) is 49.4 Å². The number of nitrogens with zero attached hydrogens (tertiary/aromatic N) is 1. The van der Waals surface area contributed by atoms with Gasteiger partial charge in [-0.2, -0.15) is 0 Å². The maximum Gasteiger partial charge on any atom is 0.234 e. The van der Waals surface area contributed by atoms with Gasteiger partial charge >= 0.3 is 0 Å². The van der Waals surface area contributed by atoms with Crippen LogP contribution < -0.4 is 0 Å². The van der Waals surface area contributed by atoms with E-state index < -0.39 is 12.0 Å². The third kappa shape index (κ3) is 4.17. The molecule has 2 aromatic rings. The van der Waals surface area contributed by atoms with E-state index in [1.165, 1.54) is 5.56 Å². The summed E-state index contributed by atoms with van der Waals surface area (Å²) in [5.74, 6) is 0.147. The Bertz CT molecular complexity index is 776. The summed E-state index contributed by atoms with van der Waals surface area (Å²) in [6.07, 6.45) is -0.0681. The van der Waals surface area contributed by atoms with E-state index in [1.54, 1.807) is 23.6 Å². The van der Waals surface area contributed by atoms with Crippen molar-refractivity contribution in [2.75, 3.05) is 5.75 Å². The zero-order valence-electron chi connectivity index (χ0n) is 15.0. The fraction of sp³-hybridized carbons (Fsp3) is 0.333. The smallest absolute Gasteiger partial charge is 0.234 e. The van der Waals surface area contributed by atoms with Crippen molar-refractivity contribution in [3.05, 3.63) is 71.3 Å². The van der Waals surface area contributed by atoms with E-state index in [2.05, 4.69) is 12.1 Å². The molecule has 0 aromatic heterocycles. The minimum atomic E-state index is -0.839. The lowest BCUT2D eigenvalue weighted by molar-refractivity contribution is -0.135. The number of amides is 1. The molecule has 1 fully saturated rings. The van der Waals surface area contributed by atoms with Gasteiger partial charge < -0.3 is 5.11 Å². The Morgan fingerprint density at radius 1 is 1.23 bits per heavy atom. The first-order valence-corrected chi connectivity index (χ1v) is 10.1. The van der Waals surface area contributed by atoms with E-state index in [-0.39, 0.29) is 11.9 Å². The molecule has 26 heavy (non-hydrogen) atoms. The van der Waals surface area contributed by atoms with E-state index in [0.717, 1.165) is 23.3 Å². The van der Waals surface area contributed by atoms with E-state index in [9.17, 15) is 9.90 Å². The van der Waals surface area contributed by atoms with Crippen LogP contribution in [0.1, 0.15) is 29.7 Å². The molecular formula is C21H23NO2S2. The number of benzene rings is 2. The maximum absolute atomic E-state index is 13.1. The highest BCUT2D eigenvalue weighted by Crippen LogP contribution is 2.31. The van der Waals surface area contributed by atoms with Gasteiger partial charge in [0.15, 0.2) is 0 Å². The molecule has 1 amide bonds. The molecule has 1 heterocycles. The van der Waals surface area contributed by atoms with Crippen molar-refractivity contribution >= 4 is 34.2 Å². The topological polar surface area (TPSA) is 40.5 Å². The highest BCUT2D eigenvalue weighted by molar-refractivity contribution is 8.23. The first kappa shape index (κ1) is 19.1. The number of aryl methyl sites for hydroxylation is 1. The normalized spacial score (nSPS) is 19.4. The van der Waals surface area contributed by atoms with Crippen LogP contribution in [0.4, 0.5) is 0 Å². The van der Waals surface area contributed by atoms with Crippen LogP contribution in [0.2, 0.25) is 0 Å². The number of aliphatic hydroxyl groups excluding tert-OH is 1. The van der Waals surface area contributed by atoms with Crippen molar-refractivity contribution in [1.82, 2.24) is 4.90 Å². The third-order valence-corrected chi connectivity index (χ3v) is 6.34. The Labute approximate surface area is 164 Å². The molecule has 1 aliphatic heterocycles. The summed E-state index contributed by atoms with van der Waals surface area (Å²) in [4.78, 5) is 14.8. The van der Waals surface area contributed by atoms with Crippen LogP contribution in [0, 0.1) is 12.8 Å². The Morgan fingerprint density at radius 2 is 1.88 bits per heavy atom. The Hall–Kier alpha value is -1.69. The number of hydrogen-bond donors (Lipinski definition) is 1. The van der Waals surface area contributed by atoms with Gasteiger partial charge in [0.25, 0.3) is 0 Å². The second-order valence-electron chi connectivity index (χ2n) is 6.77. The maximum atomic E-state index is 13.1. The first-order chi connectivity index (χ1) is 12.5. The van der Waals surface area contributed by atoms with E-state index in [0.29, 0.717) is 4.32 Å². The number of hydrogen-bond acceptors (Lipinski definition) is 4. The van der Waals surface area contributed by atoms with Gasteiger partial charge in [0.1, 0.15) is 4.32 Å². The van der Waals surface area contributed by atoms with Crippen molar-refractivity contribution in [2.45, 2.75) is 32.4 Å². The van der Waals surface area contributed by atoms with Gasteiger partial charge in [0.2, 0.25) is 5.91 Å². The number of carbonyl (C=O) groups excluding carboxylic acids is 1. The predicted octanol–water partition coefficient (Wildman–Crippen LogP) is 4.14. The Morgan fingerprint density at radius 3 is 2.54 bits per heavy atom. The van der Waals surface area contributed by atoms with Crippen LogP contribution in [0.25, 0.3) is 0 Å². The summed E-state index contributed by atoms with van der Waals surface area (Å²) >= 11 is 6.98. The van der Waals surface area contributed by atoms with Crippen molar-refractivity contribution in [2.24, 2.45) is 5.92 Å². The molecule has 3 atom stereocenters. The Balaban J connectivity index is 1.75. The van der Waals surface area contributed by atoms with Crippen molar-refractivity contribution in [3.8, 4) is 0 Å². The fourth-order valence-corrected chi connectivity index (χ4v) is 4.60. The molecule has 0 aliphatic carbocycles. The lowest BCUT2D eigenvalue weighted by Gasteiger charge is -2.28. The van der Waals surface area contributed by atoms with E-state index >= 15 is 0 Å². The fourth-order valence-electron chi connectivity index (χ4n) is 3.17. The van der Waals surface area contributed by atoms with Crippen molar-refractivity contribution in [3.63, 3.8) is 0 Å². The molecule has 136 valence electrons. The summed E-state index contributed by atoms with van der Waals surface area (Å²) in [7, 11) is 0. The molecule has 0 spiro atoms. The van der Waals surface area contributed by atoms with Crippen molar-refractivity contribution in [1.29, 1.82) is 0 Å². The predicted molar refractivity (Wildman–Crippen MR) is 111 cm³/mol. The van der Waals surface area contributed by atoms with Crippen LogP contribution >= 0.6 is 24.0 Å². The summed E-state index contributed by atoms with van der Waals surface area (Å²) in [6, 6.07) is 17.8. The number of thiocarbonyl (C=S) groups is 1. The van der Waals surface area contributed by atoms with Crippen LogP contribution in [0.3, 0.4) is 0 Å². The molecule has 0 radical (unpaired) electrons. The zero-order chi connectivity index (χ0) is 18.7. The summed E-state index contributed by atoms with van der Waals surface area (Å²) in [5, 5.41) is 10.7. The first-order valence-electron chi connectivity index (χ1n) is 8.75. The second kappa shape index (κ2) is 8.33. The number of thioether (sulfide) groups is 1. The van der Waals surface area contributed by atoms with Gasteiger partial charge in [0, 0.05) is 5.75 Å². The molecule has 5 heteroatoms. The molecule has 0 saturated carbocycles. The van der Waals surface area contributed by atoms with Crippen LogP contribution in [0.15, 0.2) is 54.6 Å². The number of carbonyl (C=O) groups is 1. The van der Waals surface area contributed by atoms with Crippen molar-refractivity contribution < 1.29 is 9.90 Å². The van der Waals surface area contributed by atoms with Crippen LogP contribution in [0.5, 0.6) is 0 Å². The quantitative estimate of drug-likeness (QED) is 0.786. The van der Waals surface area contributed by atoms with Gasteiger partial charge in [-0.25, -0.2) is 0 Å². The zero-order valence-corrected chi connectivity index (χ0v) is 16.6. The van der Waals surface area contributed by atoms with Gasteiger partial charge in [-0.15, -0.1) is 0 Å². The molecular weight excluding hydrogens is 362 g/mol. The molecule has 1 N–H and O–H groups in total.